The Kier molecular flexibility index (Phi) is 2.23. The fourth-order valence-electron chi connectivity index (χ4n) is 1.07. The molecular formula is C6H8N4O2S2. The van der Waals surface area contributed by atoms with Gasteiger partial charge in [-0.25, -0.2) is 13.5 Å². The van der Waals surface area contributed by atoms with Gasteiger partial charge in [-0.2, -0.15) is 4.98 Å². The number of nitrogens with zero attached hydrogens (tertiary/aromatic N) is 2. The van der Waals surface area contributed by atoms with E-state index in [1.165, 1.54) is 17.2 Å². The van der Waals surface area contributed by atoms with Gasteiger partial charge in [0.05, 0.1) is 5.75 Å². The summed E-state index contributed by atoms with van der Waals surface area (Å²) in [4.78, 5) is 3.87. The highest BCUT2D eigenvalue weighted by Gasteiger charge is 2.23. The molecule has 1 aliphatic heterocycles. The van der Waals surface area contributed by atoms with Gasteiger partial charge < -0.3 is 5.73 Å². The average molecular weight is 232 g/mol. The lowest BCUT2D eigenvalue weighted by atomic mass is 10.5. The molecule has 1 unspecified atom stereocenters. The molecule has 0 radical (unpaired) electrons. The monoisotopic (exact) mass is 232 g/mol. The number of thioether (sulfide) groups is 1. The van der Waals surface area contributed by atoms with Crippen LogP contribution in [0.1, 0.15) is 0 Å². The van der Waals surface area contributed by atoms with E-state index < -0.39 is 9.84 Å². The molecule has 14 heavy (non-hydrogen) atoms. The van der Waals surface area contributed by atoms with Crippen molar-refractivity contribution in [3.63, 3.8) is 0 Å². The van der Waals surface area contributed by atoms with Crippen molar-refractivity contribution in [3.05, 3.63) is 11.5 Å². The Morgan fingerprint density at radius 1 is 1.64 bits per heavy atom. The molecule has 2 rings (SSSR count). The molecule has 0 aromatic carbocycles. The lowest BCUT2D eigenvalue weighted by molar-refractivity contribution is 0.606. The number of sulfone groups is 1. The van der Waals surface area contributed by atoms with Gasteiger partial charge in [0.25, 0.3) is 0 Å². The van der Waals surface area contributed by atoms with Crippen LogP contribution in [0, 0.1) is 0 Å². The quantitative estimate of drug-likeness (QED) is 0.731. The number of H-pyrrole nitrogens is 1. The van der Waals surface area contributed by atoms with E-state index in [1.807, 2.05) is 0 Å². The molecule has 2 heterocycles. The second-order valence-electron chi connectivity index (χ2n) is 2.82. The maximum Gasteiger partial charge on any atom is 0.216 e. The zero-order valence-electron chi connectivity index (χ0n) is 7.04. The predicted octanol–water partition coefficient (Wildman–Crippen LogP) is -0.210. The molecule has 0 fully saturated rings. The number of aromatic nitrogens is 3. The van der Waals surface area contributed by atoms with Crippen LogP contribution in [0.2, 0.25) is 0 Å². The van der Waals surface area contributed by atoms with Gasteiger partial charge in [-0.15, -0.1) is 5.10 Å². The summed E-state index contributed by atoms with van der Waals surface area (Å²) < 4.78 is 22.1. The van der Waals surface area contributed by atoms with Gasteiger partial charge in [-0.1, -0.05) is 17.8 Å². The smallest absolute Gasteiger partial charge is 0.216 e. The lowest BCUT2D eigenvalue weighted by Gasteiger charge is -2.00. The number of anilines is 1. The normalized spacial score (nSPS) is 24.1. The zero-order chi connectivity index (χ0) is 10.2. The van der Waals surface area contributed by atoms with Crippen molar-refractivity contribution in [2.75, 3.05) is 11.5 Å². The van der Waals surface area contributed by atoms with Gasteiger partial charge in [0, 0.05) is 10.7 Å². The van der Waals surface area contributed by atoms with Crippen LogP contribution in [0.4, 0.5) is 5.95 Å². The van der Waals surface area contributed by atoms with E-state index in [9.17, 15) is 8.42 Å². The van der Waals surface area contributed by atoms with Crippen molar-refractivity contribution < 1.29 is 8.42 Å². The fourth-order valence-corrected chi connectivity index (χ4v) is 3.79. The summed E-state index contributed by atoms with van der Waals surface area (Å²) in [6, 6.07) is 0. The zero-order valence-corrected chi connectivity index (χ0v) is 8.68. The van der Waals surface area contributed by atoms with Gasteiger partial charge in [-0.3, -0.25) is 0 Å². The van der Waals surface area contributed by atoms with E-state index in [-0.39, 0.29) is 17.0 Å². The molecule has 0 spiro atoms. The number of nitrogen functional groups attached to an aromatic ring is 1. The fraction of sp³-hybridized carbons (Fsp3) is 0.333. The van der Waals surface area contributed by atoms with Crippen molar-refractivity contribution in [1.82, 2.24) is 15.2 Å². The van der Waals surface area contributed by atoms with Crippen molar-refractivity contribution in [2.45, 2.75) is 10.4 Å². The summed E-state index contributed by atoms with van der Waals surface area (Å²) in [5, 5.41) is 7.86. The van der Waals surface area contributed by atoms with Crippen molar-refractivity contribution in [1.29, 1.82) is 0 Å². The highest BCUT2D eigenvalue weighted by Crippen LogP contribution is 2.26. The summed E-state index contributed by atoms with van der Waals surface area (Å²) in [5.41, 5.74) is 5.33. The third kappa shape index (κ3) is 2.07. The summed E-state index contributed by atoms with van der Waals surface area (Å²) in [6.07, 6.45) is 1.63. The van der Waals surface area contributed by atoms with Gasteiger partial charge >= 0.3 is 0 Å². The van der Waals surface area contributed by atoms with Crippen LogP contribution in [-0.2, 0) is 9.84 Å². The standard InChI is InChI=1S/C6H8N4O2S2/c7-5-8-6(10-9-5)13-4-1-2-14(11,12)3-4/h1-2,4H,3H2,(H3,7,8,9,10). The minimum Gasteiger partial charge on any atom is -0.368 e. The number of rotatable bonds is 2. The van der Waals surface area contributed by atoms with Gasteiger partial charge in [0.1, 0.15) is 0 Å². The number of nitrogens with two attached hydrogens (primary N) is 1. The minimum absolute atomic E-state index is 0.103. The van der Waals surface area contributed by atoms with Crippen LogP contribution in [0.15, 0.2) is 16.6 Å². The first-order valence-corrected chi connectivity index (χ1v) is 6.40. The first-order valence-electron chi connectivity index (χ1n) is 3.81. The molecule has 0 saturated heterocycles. The molecule has 0 aliphatic carbocycles. The van der Waals surface area contributed by atoms with Crippen LogP contribution in [0.25, 0.3) is 0 Å². The number of nitrogens with one attached hydrogen (secondary N) is 1. The van der Waals surface area contributed by atoms with Gasteiger partial charge in [0.15, 0.2) is 9.84 Å². The summed E-state index contributed by atoms with van der Waals surface area (Å²) in [7, 11) is -3.01. The van der Waals surface area contributed by atoms with E-state index in [2.05, 4.69) is 15.2 Å². The Hall–Kier alpha value is -1.02. The maximum absolute atomic E-state index is 11.1. The Morgan fingerprint density at radius 3 is 2.93 bits per heavy atom. The molecule has 0 bridgehead atoms. The number of hydrogen-bond acceptors (Lipinski definition) is 6. The largest absolute Gasteiger partial charge is 0.368 e. The SMILES string of the molecule is Nc1nc(SC2C=CS(=O)(=O)C2)n[nH]1. The summed E-state index contributed by atoms with van der Waals surface area (Å²) >= 11 is 1.27. The Labute approximate surface area is 84.9 Å². The molecule has 0 amide bonds. The summed E-state index contributed by atoms with van der Waals surface area (Å²) in [5.74, 6) is 0.337. The second-order valence-corrected chi connectivity index (χ2v) is 5.96. The van der Waals surface area contributed by atoms with Crippen LogP contribution in [-0.4, -0.2) is 34.6 Å². The second kappa shape index (κ2) is 3.28. The van der Waals surface area contributed by atoms with E-state index in [1.54, 1.807) is 6.08 Å². The van der Waals surface area contributed by atoms with Crippen molar-refractivity contribution in [3.8, 4) is 0 Å². The van der Waals surface area contributed by atoms with Crippen molar-refractivity contribution >= 4 is 27.5 Å². The molecular weight excluding hydrogens is 224 g/mol. The van der Waals surface area contributed by atoms with E-state index >= 15 is 0 Å². The Bertz CT molecular complexity index is 464. The molecule has 1 aliphatic rings. The average Bonchev–Trinajstić information content (AvgIpc) is 2.59. The lowest BCUT2D eigenvalue weighted by Crippen LogP contribution is -2.07. The summed E-state index contributed by atoms with van der Waals surface area (Å²) in [6.45, 7) is 0. The van der Waals surface area contributed by atoms with E-state index in [4.69, 9.17) is 5.73 Å². The molecule has 1 aromatic heterocycles. The molecule has 0 saturated carbocycles. The first kappa shape index (κ1) is 9.53. The van der Waals surface area contributed by atoms with Crippen LogP contribution >= 0.6 is 11.8 Å². The van der Waals surface area contributed by atoms with Gasteiger partial charge in [-0.05, 0) is 0 Å². The molecule has 1 aromatic rings. The van der Waals surface area contributed by atoms with Gasteiger partial charge in [0.2, 0.25) is 11.1 Å². The van der Waals surface area contributed by atoms with Crippen LogP contribution in [0.3, 0.4) is 0 Å². The predicted molar refractivity (Wildman–Crippen MR) is 53.4 cm³/mol. The first-order chi connectivity index (χ1) is 6.55. The molecule has 76 valence electrons. The Morgan fingerprint density at radius 2 is 2.43 bits per heavy atom. The third-order valence-corrected chi connectivity index (χ3v) is 4.26. The number of aromatic amines is 1. The number of hydrogen-bond donors (Lipinski definition) is 2. The molecule has 6 nitrogen and oxygen atoms in total. The van der Waals surface area contributed by atoms with Crippen LogP contribution < -0.4 is 5.73 Å². The van der Waals surface area contributed by atoms with E-state index in [0.29, 0.717) is 5.16 Å². The molecule has 3 N–H and O–H groups in total. The maximum atomic E-state index is 11.1. The molecule has 1 atom stereocenters. The van der Waals surface area contributed by atoms with Crippen LogP contribution in [0.5, 0.6) is 0 Å². The molecule has 8 heteroatoms. The topological polar surface area (TPSA) is 102 Å². The van der Waals surface area contributed by atoms with Crippen molar-refractivity contribution in [2.24, 2.45) is 0 Å². The highest BCUT2D eigenvalue weighted by molar-refractivity contribution is 8.02. The third-order valence-electron chi connectivity index (χ3n) is 1.64. The van der Waals surface area contributed by atoms with E-state index in [0.717, 1.165) is 0 Å². The Balaban J connectivity index is 2.05. The minimum atomic E-state index is -3.01. The highest BCUT2D eigenvalue weighted by atomic mass is 32.2.